The molecule has 0 fully saturated rings. The monoisotopic (exact) mass is 354 g/mol. The first-order valence-corrected chi connectivity index (χ1v) is 5.84. The standard InChI is InChI=1S/C9H8BrIO2/c1-5-2-6(8(12)4-10)9(13)7(11)3-5/h2-3,13H,4H2,1H3. The third-order valence-electron chi connectivity index (χ3n) is 1.63. The van der Waals surface area contributed by atoms with Crippen LogP contribution in [0.5, 0.6) is 5.75 Å². The molecule has 0 aromatic heterocycles. The van der Waals surface area contributed by atoms with Crippen LogP contribution in [0.1, 0.15) is 15.9 Å². The molecule has 1 rings (SSSR count). The molecule has 0 aliphatic rings. The maximum atomic E-state index is 11.3. The van der Waals surface area contributed by atoms with Gasteiger partial charge in [0.05, 0.1) is 14.5 Å². The molecule has 0 aliphatic carbocycles. The van der Waals surface area contributed by atoms with Gasteiger partial charge in [-0.2, -0.15) is 0 Å². The van der Waals surface area contributed by atoms with E-state index in [0.717, 1.165) is 5.56 Å². The number of hydrogen-bond acceptors (Lipinski definition) is 2. The lowest BCUT2D eigenvalue weighted by atomic mass is 10.1. The quantitative estimate of drug-likeness (QED) is 0.503. The number of phenols is 1. The van der Waals surface area contributed by atoms with Crippen molar-refractivity contribution >= 4 is 44.3 Å². The molecule has 70 valence electrons. The molecule has 4 heteroatoms. The van der Waals surface area contributed by atoms with Crippen LogP contribution in [0.2, 0.25) is 0 Å². The second-order valence-corrected chi connectivity index (χ2v) is 4.42. The summed E-state index contributed by atoms with van der Waals surface area (Å²) in [4.78, 5) is 11.3. The van der Waals surface area contributed by atoms with Crippen molar-refractivity contribution in [2.75, 3.05) is 5.33 Å². The van der Waals surface area contributed by atoms with Crippen LogP contribution in [-0.2, 0) is 0 Å². The molecule has 13 heavy (non-hydrogen) atoms. The number of ketones is 1. The van der Waals surface area contributed by atoms with Gasteiger partial charge in [-0.1, -0.05) is 15.9 Å². The fraction of sp³-hybridized carbons (Fsp3) is 0.222. The van der Waals surface area contributed by atoms with Crippen LogP contribution in [0, 0.1) is 10.5 Å². The van der Waals surface area contributed by atoms with E-state index in [-0.39, 0.29) is 16.9 Å². The number of carbonyl (C=O) groups excluding carboxylic acids is 1. The summed E-state index contributed by atoms with van der Waals surface area (Å²) in [5.74, 6) is -0.0187. The third-order valence-corrected chi connectivity index (χ3v) is 2.96. The number of aryl methyl sites for hydroxylation is 1. The van der Waals surface area contributed by atoms with Crippen molar-refractivity contribution in [1.82, 2.24) is 0 Å². The van der Waals surface area contributed by atoms with Gasteiger partial charge in [0, 0.05) is 0 Å². The highest BCUT2D eigenvalue weighted by molar-refractivity contribution is 14.1. The molecule has 0 spiro atoms. The first-order chi connectivity index (χ1) is 6.06. The van der Waals surface area contributed by atoms with Gasteiger partial charge in [0.2, 0.25) is 0 Å². The summed E-state index contributed by atoms with van der Waals surface area (Å²) in [7, 11) is 0. The lowest BCUT2D eigenvalue weighted by Gasteiger charge is -2.05. The second-order valence-electron chi connectivity index (χ2n) is 2.70. The number of phenolic OH excluding ortho intramolecular Hbond substituents is 1. The van der Waals surface area contributed by atoms with Crippen molar-refractivity contribution < 1.29 is 9.90 Å². The van der Waals surface area contributed by atoms with Gasteiger partial charge in [-0.3, -0.25) is 4.79 Å². The van der Waals surface area contributed by atoms with Crippen LogP contribution >= 0.6 is 38.5 Å². The van der Waals surface area contributed by atoms with Crippen LogP contribution < -0.4 is 0 Å². The Balaban J connectivity index is 3.28. The van der Waals surface area contributed by atoms with E-state index in [0.29, 0.717) is 9.13 Å². The van der Waals surface area contributed by atoms with Crippen LogP contribution in [0.4, 0.5) is 0 Å². The van der Waals surface area contributed by atoms with Crippen molar-refractivity contribution in [3.05, 3.63) is 26.8 Å². The number of hydrogen-bond donors (Lipinski definition) is 1. The summed E-state index contributed by atoms with van der Waals surface area (Å²) >= 11 is 5.08. The maximum absolute atomic E-state index is 11.3. The van der Waals surface area contributed by atoms with E-state index in [2.05, 4.69) is 15.9 Å². The van der Waals surface area contributed by atoms with E-state index in [1.54, 1.807) is 6.07 Å². The van der Waals surface area contributed by atoms with Gasteiger partial charge in [-0.05, 0) is 47.2 Å². The molecule has 0 heterocycles. The zero-order chi connectivity index (χ0) is 10.0. The Morgan fingerprint density at radius 3 is 2.77 bits per heavy atom. The maximum Gasteiger partial charge on any atom is 0.177 e. The van der Waals surface area contributed by atoms with Gasteiger partial charge in [0.15, 0.2) is 5.78 Å². The minimum atomic E-state index is -0.0980. The molecule has 0 saturated carbocycles. The highest BCUT2D eigenvalue weighted by Gasteiger charge is 2.12. The zero-order valence-electron chi connectivity index (χ0n) is 6.97. The lowest BCUT2D eigenvalue weighted by molar-refractivity contribution is 0.102. The highest BCUT2D eigenvalue weighted by atomic mass is 127. The average molecular weight is 355 g/mol. The largest absolute Gasteiger partial charge is 0.506 e. The molecule has 0 bridgehead atoms. The van der Waals surface area contributed by atoms with E-state index < -0.39 is 0 Å². The predicted molar refractivity (Wildman–Crippen MR) is 63.7 cm³/mol. The summed E-state index contributed by atoms with van der Waals surface area (Å²) in [6.07, 6.45) is 0. The lowest BCUT2D eigenvalue weighted by Crippen LogP contribution is -2.01. The SMILES string of the molecule is Cc1cc(I)c(O)c(C(=O)CBr)c1. The summed E-state index contributed by atoms with van der Waals surface area (Å²) in [5, 5.41) is 9.81. The fourth-order valence-corrected chi connectivity index (χ4v) is 2.10. The van der Waals surface area contributed by atoms with Gasteiger partial charge in [-0.15, -0.1) is 0 Å². The minimum absolute atomic E-state index is 0.0793. The average Bonchev–Trinajstić information content (AvgIpc) is 2.10. The van der Waals surface area contributed by atoms with Crippen LogP contribution in [0.3, 0.4) is 0 Å². The van der Waals surface area contributed by atoms with Crippen molar-refractivity contribution in [2.45, 2.75) is 6.92 Å². The molecular weight excluding hydrogens is 347 g/mol. The normalized spacial score (nSPS) is 10.1. The van der Waals surface area contributed by atoms with E-state index in [4.69, 9.17) is 0 Å². The third kappa shape index (κ3) is 2.43. The number of alkyl halides is 1. The molecule has 0 amide bonds. The highest BCUT2D eigenvalue weighted by Crippen LogP contribution is 2.26. The molecule has 0 unspecified atom stereocenters. The van der Waals surface area contributed by atoms with Gasteiger partial charge >= 0.3 is 0 Å². The Hall–Kier alpha value is -0.100. The smallest absolute Gasteiger partial charge is 0.177 e. The molecule has 1 aromatic rings. The van der Waals surface area contributed by atoms with E-state index in [9.17, 15) is 9.90 Å². The summed E-state index contributed by atoms with van der Waals surface area (Å²) in [5.41, 5.74) is 1.37. The van der Waals surface area contributed by atoms with Crippen LogP contribution in [-0.4, -0.2) is 16.2 Å². The van der Waals surface area contributed by atoms with Crippen molar-refractivity contribution in [3.63, 3.8) is 0 Å². The number of aromatic hydroxyl groups is 1. The van der Waals surface area contributed by atoms with Crippen molar-refractivity contribution in [3.8, 4) is 5.75 Å². The molecule has 0 atom stereocenters. The van der Waals surface area contributed by atoms with Gasteiger partial charge in [0.25, 0.3) is 0 Å². The number of rotatable bonds is 2. The molecule has 2 nitrogen and oxygen atoms in total. The Kier molecular flexibility index (Phi) is 3.73. The molecule has 0 aliphatic heterocycles. The molecule has 0 saturated heterocycles. The molecular formula is C9H8BrIO2. The number of carbonyl (C=O) groups is 1. The Morgan fingerprint density at radius 1 is 1.62 bits per heavy atom. The first kappa shape index (κ1) is 11.0. The first-order valence-electron chi connectivity index (χ1n) is 3.64. The summed E-state index contributed by atoms with van der Waals surface area (Å²) in [6, 6.07) is 3.53. The molecule has 1 N–H and O–H groups in total. The Labute approximate surface area is 98.6 Å². The van der Waals surface area contributed by atoms with Crippen LogP contribution in [0.25, 0.3) is 0 Å². The van der Waals surface area contributed by atoms with Gasteiger partial charge in [0.1, 0.15) is 5.75 Å². The van der Waals surface area contributed by atoms with E-state index in [1.165, 1.54) is 0 Å². The number of Topliss-reactive ketones (excluding diaryl/α,β-unsaturated/α-hetero) is 1. The topological polar surface area (TPSA) is 37.3 Å². The van der Waals surface area contributed by atoms with Crippen molar-refractivity contribution in [2.24, 2.45) is 0 Å². The Bertz CT molecular complexity index is 350. The van der Waals surface area contributed by atoms with E-state index in [1.807, 2.05) is 35.6 Å². The summed E-state index contributed by atoms with van der Waals surface area (Å²) in [6.45, 7) is 1.90. The predicted octanol–water partition coefficient (Wildman–Crippen LogP) is 2.88. The van der Waals surface area contributed by atoms with E-state index >= 15 is 0 Å². The van der Waals surface area contributed by atoms with Gasteiger partial charge < -0.3 is 5.11 Å². The minimum Gasteiger partial charge on any atom is -0.506 e. The second kappa shape index (κ2) is 4.41. The fourth-order valence-electron chi connectivity index (χ4n) is 1.02. The zero-order valence-corrected chi connectivity index (χ0v) is 10.7. The Morgan fingerprint density at radius 2 is 2.23 bits per heavy atom. The van der Waals surface area contributed by atoms with Gasteiger partial charge in [-0.25, -0.2) is 0 Å². The summed E-state index contributed by atoms with van der Waals surface area (Å²) < 4.78 is 0.710. The molecule has 1 aromatic carbocycles. The van der Waals surface area contributed by atoms with Crippen molar-refractivity contribution in [1.29, 1.82) is 0 Å². The van der Waals surface area contributed by atoms with Crippen LogP contribution in [0.15, 0.2) is 12.1 Å². The number of benzene rings is 1. The molecule has 0 radical (unpaired) electrons. The number of halogens is 2.